The molecule has 0 N–H and O–H groups in total. The van der Waals surface area contributed by atoms with Crippen molar-refractivity contribution in [2.75, 3.05) is 13.2 Å². The molecular formula is C42H59NO4. The van der Waals surface area contributed by atoms with Crippen molar-refractivity contribution >= 4 is 17.9 Å². The minimum absolute atomic E-state index is 0.391. The Morgan fingerprint density at radius 2 is 0.915 bits per heavy atom. The predicted octanol–water partition coefficient (Wildman–Crippen LogP) is 12.5. The zero-order valence-electron chi connectivity index (χ0n) is 29.2. The number of hydrogen-bond donors (Lipinski definition) is 0. The first-order chi connectivity index (χ1) is 23.2. The Kier molecular flexibility index (Phi) is 19.8. The second kappa shape index (κ2) is 24.6. The number of ether oxygens (including phenoxy) is 3. The van der Waals surface area contributed by atoms with Crippen molar-refractivity contribution in [2.24, 2.45) is 4.99 Å². The summed E-state index contributed by atoms with van der Waals surface area (Å²) in [5, 5.41) is 0. The lowest BCUT2D eigenvalue weighted by molar-refractivity contribution is 0.0734. The summed E-state index contributed by atoms with van der Waals surface area (Å²) >= 11 is 0. The minimum atomic E-state index is -0.391. The quantitative estimate of drug-likeness (QED) is 0.0379. The Hall–Kier alpha value is -3.60. The maximum atomic E-state index is 12.7. The third kappa shape index (κ3) is 17.2. The molecule has 0 bridgehead atoms. The third-order valence-corrected chi connectivity index (χ3v) is 8.41. The monoisotopic (exact) mass is 641 g/mol. The normalized spacial score (nSPS) is 11.2. The fraction of sp³-hybridized carbons (Fsp3) is 0.524. The number of carbonyl (C=O) groups excluding carboxylic acids is 1. The molecule has 5 heteroatoms. The highest BCUT2D eigenvalue weighted by molar-refractivity contribution is 5.91. The summed E-state index contributed by atoms with van der Waals surface area (Å²) in [4.78, 5) is 17.2. The van der Waals surface area contributed by atoms with E-state index in [1.54, 1.807) is 30.5 Å². The average molecular weight is 642 g/mol. The smallest absolute Gasteiger partial charge is 0.343 e. The Labute approximate surface area is 285 Å². The molecule has 0 radical (unpaired) electrons. The molecule has 0 fully saturated rings. The number of carbonyl (C=O) groups is 1. The molecule has 0 atom stereocenters. The molecule has 47 heavy (non-hydrogen) atoms. The van der Waals surface area contributed by atoms with Crippen molar-refractivity contribution < 1.29 is 19.0 Å². The number of nitrogens with zero attached hydrogens (tertiary/aromatic N) is 1. The highest BCUT2D eigenvalue weighted by Gasteiger charge is 2.09. The van der Waals surface area contributed by atoms with E-state index in [2.05, 4.69) is 18.8 Å². The molecule has 0 saturated heterocycles. The summed E-state index contributed by atoms with van der Waals surface area (Å²) in [5.74, 6) is 1.76. The maximum absolute atomic E-state index is 12.7. The van der Waals surface area contributed by atoms with E-state index < -0.39 is 5.97 Å². The lowest BCUT2D eigenvalue weighted by atomic mass is 10.1. The van der Waals surface area contributed by atoms with Crippen molar-refractivity contribution in [3.8, 4) is 17.2 Å². The first kappa shape index (κ1) is 37.9. The van der Waals surface area contributed by atoms with Crippen LogP contribution in [0.3, 0.4) is 0 Å². The number of hydrogen-bond acceptors (Lipinski definition) is 5. The van der Waals surface area contributed by atoms with Crippen molar-refractivity contribution in [1.29, 1.82) is 0 Å². The van der Waals surface area contributed by atoms with Crippen molar-refractivity contribution in [3.05, 3.63) is 83.9 Å². The molecule has 0 amide bonds. The first-order valence-electron chi connectivity index (χ1n) is 18.5. The van der Waals surface area contributed by atoms with Crippen LogP contribution >= 0.6 is 0 Å². The van der Waals surface area contributed by atoms with Crippen LogP contribution in [0.1, 0.15) is 145 Å². The lowest BCUT2D eigenvalue weighted by Gasteiger charge is -2.08. The lowest BCUT2D eigenvalue weighted by Crippen LogP contribution is -2.08. The van der Waals surface area contributed by atoms with Gasteiger partial charge in [0.1, 0.15) is 17.2 Å². The molecule has 0 unspecified atom stereocenters. The van der Waals surface area contributed by atoms with Crippen molar-refractivity contribution in [1.82, 2.24) is 0 Å². The number of esters is 1. The summed E-state index contributed by atoms with van der Waals surface area (Å²) in [6, 6.07) is 22.4. The molecule has 3 rings (SSSR count). The van der Waals surface area contributed by atoms with Gasteiger partial charge in [0, 0.05) is 6.21 Å². The van der Waals surface area contributed by atoms with Gasteiger partial charge in [0.2, 0.25) is 0 Å². The van der Waals surface area contributed by atoms with E-state index in [0.717, 1.165) is 42.2 Å². The molecule has 3 aromatic rings. The van der Waals surface area contributed by atoms with E-state index in [9.17, 15) is 4.79 Å². The van der Waals surface area contributed by atoms with Crippen LogP contribution in [0.5, 0.6) is 17.2 Å². The highest BCUT2D eigenvalue weighted by Crippen LogP contribution is 2.20. The van der Waals surface area contributed by atoms with Gasteiger partial charge < -0.3 is 14.2 Å². The Morgan fingerprint density at radius 1 is 0.511 bits per heavy atom. The molecule has 256 valence electrons. The summed E-state index contributed by atoms with van der Waals surface area (Å²) < 4.78 is 17.3. The second-order valence-corrected chi connectivity index (χ2v) is 12.6. The molecule has 0 aromatic heterocycles. The second-order valence-electron chi connectivity index (χ2n) is 12.6. The van der Waals surface area contributed by atoms with Gasteiger partial charge in [0.25, 0.3) is 0 Å². The number of aliphatic imine (C=N–C) groups is 1. The van der Waals surface area contributed by atoms with Crippen LogP contribution in [-0.4, -0.2) is 25.4 Å². The van der Waals surface area contributed by atoms with Gasteiger partial charge in [-0.2, -0.15) is 0 Å². The summed E-state index contributed by atoms with van der Waals surface area (Å²) in [5.41, 5.74) is 2.27. The topological polar surface area (TPSA) is 57.1 Å². The first-order valence-corrected chi connectivity index (χ1v) is 18.5. The SMILES string of the molecule is CCCCCCCCCCCCOc1ccc(C(=O)Oc2ccc(C=Nc3ccc(OCCCCCCCCCC)cc3)cc2)cc1. The fourth-order valence-electron chi connectivity index (χ4n) is 5.46. The van der Waals surface area contributed by atoms with Crippen LogP contribution in [0.15, 0.2) is 77.8 Å². The van der Waals surface area contributed by atoms with E-state index in [0.29, 0.717) is 17.9 Å². The van der Waals surface area contributed by atoms with Crippen LogP contribution in [-0.2, 0) is 0 Å². The number of rotatable bonds is 26. The van der Waals surface area contributed by atoms with Gasteiger partial charge in [0.15, 0.2) is 0 Å². The largest absolute Gasteiger partial charge is 0.494 e. The Bertz CT molecular complexity index is 1240. The zero-order valence-corrected chi connectivity index (χ0v) is 29.2. The van der Waals surface area contributed by atoms with Gasteiger partial charge >= 0.3 is 5.97 Å². The minimum Gasteiger partial charge on any atom is -0.494 e. The van der Waals surface area contributed by atoms with Crippen LogP contribution in [0.25, 0.3) is 0 Å². The third-order valence-electron chi connectivity index (χ3n) is 8.41. The van der Waals surface area contributed by atoms with E-state index in [1.165, 1.54) is 103 Å². The summed E-state index contributed by atoms with van der Waals surface area (Å²) in [7, 11) is 0. The van der Waals surface area contributed by atoms with Crippen LogP contribution in [0.2, 0.25) is 0 Å². The molecule has 3 aromatic carbocycles. The number of unbranched alkanes of at least 4 members (excludes halogenated alkanes) is 16. The van der Waals surface area contributed by atoms with Gasteiger partial charge in [0.05, 0.1) is 24.5 Å². The van der Waals surface area contributed by atoms with Gasteiger partial charge in [-0.3, -0.25) is 4.99 Å². The summed E-state index contributed by atoms with van der Waals surface area (Å²) in [6.45, 7) is 5.98. The van der Waals surface area contributed by atoms with Crippen molar-refractivity contribution in [3.63, 3.8) is 0 Å². The fourth-order valence-corrected chi connectivity index (χ4v) is 5.46. The Morgan fingerprint density at radius 3 is 1.38 bits per heavy atom. The average Bonchev–Trinajstić information content (AvgIpc) is 3.10. The molecule has 0 aliphatic rings. The van der Waals surface area contributed by atoms with E-state index in [4.69, 9.17) is 14.2 Å². The van der Waals surface area contributed by atoms with E-state index in [1.807, 2.05) is 48.5 Å². The highest BCUT2D eigenvalue weighted by atomic mass is 16.5. The van der Waals surface area contributed by atoms with Gasteiger partial charge in [-0.25, -0.2) is 4.79 Å². The molecule has 0 aliphatic heterocycles. The molecule has 0 aliphatic carbocycles. The van der Waals surface area contributed by atoms with E-state index in [-0.39, 0.29) is 0 Å². The van der Waals surface area contributed by atoms with Gasteiger partial charge in [-0.05, 0) is 91.2 Å². The van der Waals surface area contributed by atoms with Crippen LogP contribution in [0.4, 0.5) is 5.69 Å². The predicted molar refractivity (Wildman–Crippen MR) is 197 cm³/mol. The summed E-state index contributed by atoms with van der Waals surface area (Å²) in [6.07, 6.45) is 25.2. The van der Waals surface area contributed by atoms with Crippen LogP contribution in [0, 0.1) is 0 Å². The molecule has 5 nitrogen and oxygen atoms in total. The molecular weight excluding hydrogens is 582 g/mol. The van der Waals surface area contributed by atoms with E-state index >= 15 is 0 Å². The maximum Gasteiger partial charge on any atom is 0.343 e. The van der Waals surface area contributed by atoms with Crippen molar-refractivity contribution in [2.45, 2.75) is 129 Å². The van der Waals surface area contributed by atoms with Crippen LogP contribution < -0.4 is 14.2 Å². The number of benzene rings is 3. The standard InChI is InChI=1S/C42H59NO4/c1-3-5-7-9-11-13-14-16-18-19-33-45-39-29-23-37(24-30-39)42(44)47-41-27-21-36(22-28-41)35-43-38-25-31-40(32-26-38)46-34-20-17-15-12-10-8-6-4-2/h21-32,35H,3-20,33-34H2,1-2H3. The zero-order chi connectivity index (χ0) is 33.2. The van der Waals surface area contributed by atoms with Gasteiger partial charge in [-0.15, -0.1) is 0 Å². The Balaban J connectivity index is 1.28. The van der Waals surface area contributed by atoms with Gasteiger partial charge in [-0.1, -0.05) is 117 Å². The molecule has 0 saturated carbocycles. The molecule has 0 spiro atoms. The molecule has 0 heterocycles.